The van der Waals surface area contributed by atoms with Crippen molar-refractivity contribution in [3.63, 3.8) is 0 Å². The first-order valence-corrected chi connectivity index (χ1v) is 8.83. The van der Waals surface area contributed by atoms with Crippen LogP contribution in [0.5, 0.6) is 0 Å². The number of carbonyl (C=O) groups is 1. The van der Waals surface area contributed by atoms with Gasteiger partial charge >= 0.3 is 0 Å². The Morgan fingerprint density at radius 1 is 1.00 bits per heavy atom. The number of amides is 1. The summed E-state index contributed by atoms with van der Waals surface area (Å²) in [4.78, 5) is 19.4. The van der Waals surface area contributed by atoms with Gasteiger partial charge in [-0.05, 0) is 31.0 Å². The highest BCUT2D eigenvalue weighted by Crippen LogP contribution is 2.39. The highest BCUT2D eigenvalue weighted by molar-refractivity contribution is 5.96. The molecular formula is C21H21N3O2. The third kappa shape index (κ3) is 3.01. The number of aryl methyl sites for hydroxylation is 2. The Labute approximate surface area is 152 Å². The second kappa shape index (κ2) is 6.75. The van der Waals surface area contributed by atoms with Gasteiger partial charge in [-0.1, -0.05) is 53.7 Å². The molecule has 1 aliphatic rings. The normalized spacial score (nSPS) is 19.7. The first-order valence-electron chi connectivity index (χ1n) is 8.83. The smallest absolute Gasteiger partial charge is 0.254 e. The van der Waals surface area contributed by atoms with Crippen LogP contribution in [0.3, 0.4) is 0 Å². The molecule has 2 atom stereocenters. The average Bonchev–Trinajstić information content (AvgIpc) is 3.29. The molecule has 0 aliphatic carbocycles. The van der Waals surface area contributed by atoms with E-state index in [1.807, 2.05) is 61.2 Å². The Morgan fingerprint density at radius 3 is 2.38 bits per heavy atom. The van der Waals surface area contributed by atoms with Crippen LogP contribution in [-0.4, -0.2) is 34.0 Å². The lowest BCUT2D eigenvalue weighted by Gasteiger charge is -2.17. The highest BCUT2D eigenvalue weighted by Gasteiger charge is 2.40. The zero-order valence-electron chi connectivity index (χ0n) is 14.9. The number of nitrogens with zero attached hydrogens (tertiary/aromatic N) is 3. The van der Waals surface area contributed by atoms with Crippen LogP contribution in [-0.2, 0) is 0 Å². The summed E-state index contributed by atoms with van der Waals surface area (Å²) < 4.78 is 5.46. The predicted octanol–water partition coefficient (Wildman–Crippen LogP) is 3.71. The van der Waals surface area contributed by atoms with Crippen molar-refractivity contribution >= 4 is 5.91 Å². The molecule has 0 saturated carbocycles. The average molecular weight is 347 g/mol. The van der Waals surface area contributed by atoms with Crippen LogP contribution in [0.1, 0.15) is 45.0 Å². The predicted molar refractivity (Wildman–Crippen MR) is 98.0 cm³/mol. The second-order valence-corrected chi connectivity index (χ2v) is 6.83. The molecule has 1 aromatic heterocycles. The summed E-state index contributed by atoms with van der Waals surface area (Å²) in [5.74, 6) is 1.44. The summed E-state index contributed by atoms with van der Waals surface area (Å²) in [7, 11) is 0. The SMILES string of the molecule is Cc1noc([C@H]2CN(C(=O)c3ccccc3C)C[C@H]2c2ccccc2)n1. The first kappa shape index (κ1) is 16.5. The second-order valence-electron chi connectivity index (χ2n) is 6.83. The van der Waals surface area contributed by atoms with Gasteiger partial charge in [-0.25, -0.2) is 0 Å². The molecule has 2 aromatic carbocycles. The number of carbonyl (C=O) groups excluding carboxylic acids is 1. The molecule has 2 heterocycles. The quantitative estimate of drug-likeness (QED) is 0.725. The molecule has 132 valence electrons. The monoisotopic (exact) mass is 347 g/mol. The van der Waals surface area contributed by atoms with Crippen molar-refractivity contribution in [1.82, 2.24) is 15.0 Å². The van der Waals surface area contributed by atoms with Crippen LogP contribution in [0.2, 0.25) is 0 Å². The van der Waals surface area contributed by atoms with E-state index in [9.17, 15) is 4.79 Å². The lowest BCUT2D eigenvalue weighted by atomic mass is 9.89. The number of benzene rings is 2. The fraction of sp³-hybridized carbons (Fsp3) is 0.286. The van der Waals surface area contributed by atoms with E-state index in [-0.39, 0.29) is 17.7 Å². The molecule has 26 heavy (non-hydrogen) atoms. The highest BCUT2D eigenvalue weighted by atomic mass is 16.5. The molecule has 4 rings (SSSR count). The molecule has 0 radical (unpaired) electrons. The molecule has 1 amide bonds. The van der Waals surface area contributed by atoms with Gasteiger partial charge in [0, 0.05) is 24.6 Å². The van der Waals surface area contributed by atoms with Gasteiger partial charge < -0.3 is 9.42 Å². The largest absolute Gasteiger partial charge is 0.339 e. The van der Waals surface area contributed by atoms with Gasteiger partial charge in [0.05, 0.1) is 5.92 Å². The Morgan fingerprint density at radius 2 is 1.69 bits per heavy atom. The molecule has 0 N–H and O–H groups in total. The van der Waals surface area contributed by atoms with Crippen LogP contribution >= 0.6 is 0 Å². The summed E-state index contributed by atoms with van der Waals surface area (Å²) in [5, 5.41) is 3.94. The van der Waals surface area contributed by atoms with Gasteiger partial charge in [-0.3, -0.25) is 4.79 Å². The standard InChI is InChI=1S/C21H21N3O2/c1-14-8-6-7-11-17(14)21(25)24-12-18(16-9-4-3-5-10-16)19(13-24)20-22-15(2)23-26-20/h3-11,18-19H,12-13H2,1-2H3/t18-,19-/m0/s1. The number of hydrogen-bond donors (Lipinski definition) is 0. The summed E-state index contributed by atoms with van der Waals surface area (Å²) in [6.07, 6.45) is 0. The van der Waals surface area contributed by atoms with Crippen LogP contribution in [0.4, 0.5) is 0 Å². The summed E-state index contributed by atoms with van der Waals surface area (Å²) in [6, 6.07) is 18.0. The lowest BCUT2D eigenvalue weighted by molar-refractivity contribution is 0.0787. The Hall–Kier alpha value is -2.95. The van der Waals surface area contributed by atoms with E-state index in [0.29, 0.717) is 24.8 Å². The van der Waals surface area contributed by atoms with Gasteiger partial charge in [-0.15, -0.1) is 0 Å². The van der Waals surface area contributed by atoms with Crippen LogP contribution in [0.25, 0.3) is 0 Å². The number of aromatic nitrogens is 2. The van der Waals surface area contributed by atoms with Crippen molar-refractivity contribution in [3.8, 4) is 0 Å². The van der Waals surface area contributed by atoms with Crippen LogP contribution in [0.15, 0.2) is 59.1 Å². The lowest BCUT2D eigenvalue weighted by Crippen LogP contribution is -2.29. The van der Waals surface area contributed by atoms with E-state index >= 15 is 0 Å². The molecule has 5 nitrogen and oxygen atoms in total. The minimum absolute atomic E-state index is 0.00608. The maximum atomic E-state index is 13.1. The molecular weight excluding hydrogens is 326 g/mol. The van der Waals surface area contributed by atoms with Crippen molar-refractivity contribution in [1.29, 1.82) is 0 Å². The minimum atomic E-state index is 0.00608. The molecule has 0 unspecified atom stereocenters. The van der Waals surface area contributed by atoms with E-state index < -0.39 is 0 Å². The molecule has 0 bridgehead atoms. The van der Waals surface area contributed by atoms with Gasteiger partial charge in [0.1, 0.15) is 0 Å². The molecule has 5 heteroatoms. The van der Waals surface area contributed by atoms with Gasteiger partial charge in [0.15, 0.2) is 5.82 Å². The summed E-state index contributed by atoms with van der Waals surface area (Å²) in [5.41, 5.74) is 2.93. The minimum Gasteiger partial charge on any atom is -0.339 e. The van der Waals surface area contributed by atoms with E-state index in [0.717, 1.165) is 11.1 Å². The Balaban J connectivity index is 1.67. The first-order chi connectivity index (χ1) is 12.6. The van der Waals surface area contributed by atoms with E-state index in [1.54, 1.807) is 0 Å². The van der Waals surface area contributed by atoms with Crippen molar-refractivity contribution in [3.05, 3.63) is 83.0 Å². The maximum absolute atomic E-state index is 13.1. The van der Waals surface area contributed by atoms with Crippen molar-refractivity contribution in [2.24, 2.45) is 0 Å². The number of likely N-dealkylation sites (tertiary alicyclic amines) is 1. The fourth-order valence-electron chi connectivity index (χ4n) is 3.70. The molecule has 1 saturated heterocycles. The van der Waals surface area contributed by atoms with Gasteiger partial charge in [0.25, 0.3) is 5.91 Å². The molecule has 1 fully saturated rings. The zero-order valence-corrected chi connectivity index (χ0v) is 14.9. The Kier molecular flexibility index (Phi) is 4.29. The van der Waals surface area contributed by atoms with Crippen molar-refractivity contribution in [2.75, 3.05) is 13.1 Å². The van der Waals surface area contributed by atoms with Crippen molar-refractivity contribution in [2.45, 2.75) is 25.7 Å². The van der Waals surface area contributed by atoms with E-state index in [4.69, 9.17) is 4.52 Å². The van der Waals surface area contributed by atoms with Crippen molar-refractivity contribution < 1.29 is 9.32 Å². The van der Waals surface area contributed by atoms with E-state index in [1.165, 1.54) is 5.56 Å². The summed E-state index contributed by atoms with van der Waals surface area (Å²) in [6.45, 7) is 5.00. The summed E-state index contributed by atoms with van der Waals surface area (Å²) >= 11 is 0. The molecule has 0 spiro atoms. The fourth-order valence-corrected chi connectivity index (χ4v) is 3.70. The van der Waals surface area contributed by atoms with E-state index in [2.05, 4.69) is 22.3 Å². The number of rotatable bonds is 3. The van der Waals surface area contributed by atoms with Gasteiger partial charge in [0.2, 0.25) is 5.89 Å². The molecule has 1 aliphatic heterocycles. The zero-order chi connectivity index (χ0) is 18.1. The van der Waals surface area contributed by atoms with Gasteiger partial charge in [-0.2, -0.15) is 4.98 Å². The third-order valence-electron chi connectivity index (χ3n) is 5.07. The number of hydrogen-bond acceptors (Lipinski definition) is 4. The maximum Gasteiger partial charge on any atom is 0.254 e. The third-order valence-corrected chi connectivity index (χ3v) is 5.07. The molecule has 3 aromatic rings. The topological polar surface area (TPSA) is 59.2 Å². The van der Waals surface area contributed by atoms with Crippen LogP contribution < -0.4 is 0 Å². The van der Waals surface area contributed by atoms with Crippen LogP contribution in [0, 0.1) is 13.8 Å². The Bertz CT molecular complexity index is 920.